The van der Waals surface area contributed by atoms with Gasteiger partial charge in [-0.05, 0) is 99.0 Å². The summed E-state index contributed by atoms with van der Waals surface area (Å²) >= 11 is 0. The lowest BCUT2D eigenvalue weighted by Crippen LogP contribution is -2.38. The van der Waals surface area contributed by atoms with Gasteiger partial charge in [0, 0.05) is 18.5 Å². The SMILES string of the molecule is CCOCc1nc2c(NC(c3ccccc3)(c3ccccc3)c3ccccc3)nc3cc(Cc4ccc(CCN5CCCC5)cc4)ccc3c2n1CC(C)(C)O. The smallest absolute Gasteiger partial charge is 0.156 e. The van der Waals surface area contributed by atoms with Crippen LogP contribution in [0.5, 0.6) is 0 Å². The number of imidazole rings is 1. The van der Waals surface area contributed by atoms with Gasteiger partial charge in [0.15, 0.2) is 5.82 Å². The molecule has 7 aromatic rings. The maximum absolute atomic E-state index is 11.3. The van der Waals surface area contributed by atoms with E-state index in [1.807, 2.05) is 20.8 Å². The van der Waals surface area contributed by atoms with Gasteiger partial charge in [-0.1, -0.05) is 127 Å². The van der Waals surface area contributed by atoms with E-state index in [4.69, 9.17) is 14.7 Å². The number of pyridine rings is 1. The molecule has 0 aliphatic carbocycles. The zero-order valence-electron chi connectivity index (χ0n) is 32.9. The summed E-state index contributed by atoms with van der Waals surface area (Å²) in [6.45, 7) is 10.5. The van der Waals surface area contributed by atoms with Gasteiger partial charge in [-0.15, -0.1) is 0 Å². The normalized spacial score (nSPS) is 13.9. The van der Waals surface area contributed by atoms with Gasteiger partial charge in [0.1, 0.15) is 23.5 Å². The molecule has 1 fully saturated rings. The molecular formula is C49H53N5O2. The highest BCUT2D eigenvalue weighted by Crippen LogP contribution is 2.42. The summed E-state index contributed by atoms with van der Waals surface area (Å²) in [6.07, 6.45) is 4.54. The van der Waals surface area contributed by atoms with Crippen LogP contribution >= 0.6 is 0 Å². The van der Waals surface area contributed by atoms with Crippen LogP contribution in [0.4, 0.5) is 5.82 Å². The van der Waals surface area contributed by atoms with Gasteiger partial charge >= 0.3 is 0 Å². The number of hydrogen-bond donors (Lipinski definition) is 2. The summed E-state index contributed by atoms with van der Waals surface area (Å²) in [6, 6.07) is 47.5. The van der Waals surface area contributed by atoms with Gasteiger partial charge < -0.3 is 24.6 Å². The third-order valence-electron chi connectivity index (χ3n) is 11.1. The maximum Gasteiger partial charge on any atom is 0.156 e. The zero-order chi connectivity index (χ0) is 38.5. The average molecular weight is 744 g/mol. The molecule has 5 aromatic carbocycles. The van der Waals surface area contributed by atoms with E-state index >= 15 is 0 Å². The molecule has 1 aliphatic heterocycles. The van der Waals surface area contributed by atoms with Crippen LogP contribution < -0.4 is 5.32 Å². The summed E-state index contributed by atoms with van der Waals surface area (Å²) in [7, 11) is 0. The van der Waals surface area contributed by atoms with Crippen LogP contribution in [0.15, 0.2) is 133 Å². The highest BCUT2D eigenvalue weighted by molar-refractivity contribution is 6.07. The van der Waals surface area contributed by atoms with Crippen molar-refractivity contribution in [2.24, 2.45) is 0 Å². The molecule has 0 bridgehead atoms. The van der Waals surface area contributed by atoms with E-state index in [0.717, 1.165) is 63.8 Å². The molecule has 1 aliphatic rings. The number of hydrogen-bond acceptors (Lipinski definition) is 6. The van der Waals surface area contributed by atoms with E-state index in [-0.39, 0.29) is 0 Å². The first-order valence-corrected chi connectivity index (χ1v) is 20.2. The molecule has 56 heavy (non-hydrogen) atoms. The number of nitrogens with zero attached hydrogens (tertiary/aromatic N) is 4. The third kappa shape index (κ3) is 7.98. The second-order valence-electron chi connectivity index (χ2n) is 15.8. The molecule has 7 heteroatoms. The molecule has 286 valence electrons. The summed E-state index contributed by atoms with van der Waals surface area (Å²) in [5.74, 6) is 1.41. The topological polar surface area (TPSA) is 75.4 Å². The van der Waals surface area contributed by atoms with Crippen LogP contribution in [0.2, 0.25) is 0 Å². The number of nitrogens with one attached hydrogen (secondary N) is 1. The summed E-state index contributed by atoms with van der Waals surface area (Å²) in [5, 5.41) is 16.3. The van der Waals surface area contributed by atoms with Gasteiger partial charge in [0.2, 0.25) is 0 Å². The highest BCUT2D eigenvalue weighted by atomic mass is 16.5. The molecule has 0 radical (unpaired) electrons. The van der Waals surface area contributed by atoms with Crippen molar-refractivity contribution in [3.05, 3.63) is 173 Å². The molecule has 0 unspecified atom stereocenters. The molecular weight excluding hydrogens is 691 g/mol. The van der Waals surface area contributed by atoms with E-state index < -0.39 is 11.1 Å². The van der Waals surface area contributed by atoms with Crippen molar-refractivity contribution in [1.82, 2.24) is 19.4 Å². The number of ether oxygens (including phenoxy) is 1. The summed E-state index contributed by atoms with van der Waals surface area (Å²) in [5.41, 5.74) is 7.79. The van der Waals surface area contributed by atoms with E-state index in [2.05, 4.69) is 148 Å². The van der Waals surface area contributed by atoms with E-state index in [9.17, 15) is 5.11 Å². The van der Waals surface area contributed by atoms with Crippen LogP contribution in [0.1, 0.15) is 72.8 Å². The monoisotopic (exact) mass is 743 g/mol. The first-order chi connectivity index (χ1) is 27.3. The number of aliphatic hydroxyl groups is 1. The molecule has 7 nitrogen and oxygen atoms in total. The van der Waals surface area contributed by atoms with Gasteiger partial charge in [0.25, 0.3) is 0 Å². The number of aromatic nitrogens is 3. The molecule has 0 amide bonds. The second kappa shape index (κ2) is 16.4. The van der Waals surface area contributed by atoms with Gasteiger partial charge in [-0.3, -0.25) is 0 Å². The number of anilines is 1. The van der Waals surface area contributed by atoms with Gasteiger partial charge in [-0.2, -0.15) is 0 Å². The maximum atomic E-state index is 11.3. The van der Waals surface area contributed by atoms with Crippen LogP contribution in [0.3, 0.4) is 0 Å². The largest absolute Gasteiger partial charge is 0.389 e. The summed E-state index contributed by atoms with van der Waals surface area (Å²) in [4.78, 5) is 13.3. The Labute approximate surface area is 331 Å². The van der Waals surface area contributed by atoms with E-state index in [1.54, 1.807) is 0 Å². The predicted octanol–water partition coefficient (Wildman–Crippen LogP) is 9.52. The van der Waals surface area contributed by atoms with Crippen LogP contribution in [-0.2, 0) is 36.3 Å². The molecule has 2 aromatic heterocycles. The molecule has 0 spiro atoms. The lowest BCUT2D eigenvalue weighted by molar-refractivity contribution is 0.0582. The standard InChI is InChI=1S/C49H53N5O2/c1-4-56-34-44-51-45-46(54(44)35-48(2,3)55)42-27-26-38(32-37-24-22-36(23-25-37)28-31-53-29-14-15-30-53)33-43(42)50-47(45)52-49(39-16-8-5-9-17-39,40-18-10-6-11-19-40)41-20-12-7-13-21-41/h5-13,16-27,33,55H,4,14-15,28-32,34-35H2,1-3H3,(H,50,52). The fraction of sp³-hybridized carbons (Fsp3) is 0.306. The summed E-state index contributed by atoms with van der Waals surface area (Å²) < 4.78 is 8.13. The minimum absolute atomic E-state index is 0.315. The Balaban J connectivity index is 1.28. The average Bonchev–Trinajstić information content (AvgIpc) is 3.87. The van der Waals surface area contributed by atoms with E-state index in [0.29, 0.717) is 25.6 Å². The number of likely N-dealkylation sites (tertiary alicyclic amines) is 1. The fourth-order valence-electron chi connectivity index (χ4n) is 8.35. The molecule has 0 saturated carbocycles. The Morgan fingerprint density at radius 3 is 1.86 bits per heavy atom. The van der Waals surface area contributed by atoms with Crippen molar-refractivity contribution in [1.29, 1.82) is 0 Å². The van der Waals surface area contributed by atoms with Crippen LogP contribution in [-0.4, -0.2) is 56.4 Å². The zero-order valence-corrected chi connectivity index (χ0v) is 32.9. The number of benzene rings is 5. The Morgan fingerprint density at radius 2 is 1.29 bits per heavy atom. The minimum atomic E-state index is -1.000. The van der Waals surface area contributed by atoms with Crippen molar-refractivity contribution in [3.8, 4) is 0 Å². The van der Waals surface area contributed by atoms with Crippen molar-refractivity contribution in [3.63, 3.8) is 0 Å². The van der Waals surface area contributed by atoms with Crippen LogP contribution in [0, 0.1) is 0 Å². The number of fused-ring (bicyclic) bond motifs is 3. The molecule has 3 heterocycles. The highest BCUT2D eigenvalue weighted by Gasteiger charge is 2.38. The Bertz CT molecular complexity index is 2270. The van der Waals surface area contributed by atoms with Crippen molar-refractivity contribution < 1.29 is 9.84 Å². The van der Waals surface area contributed by atoms with E-state index in [1.165, 1.54) is 42.6 Å². The third-order valence-corrected chi connectivity index (χ3v) is 11.1. The van der Waals surface area contributed by atoms with Gasteiger partial charge in [-0.25, -0.2) is 9.97 Å². The second-order valence-corrected chi connectivity index (χ2v) is 15.8. The first kappa shape index (κ1) is 37.6. The molecule has 0 atom stereocenters. The molecule has 8 rings (SSSR count). The lowest BCUT2D eigenvalue weighted by atomic mass is 9.77. The van der Waals surface area contributed by atoms with Crippen molar-refractivity contribution >= 4 is 27.8 Å². The first-order valence-electron chi connectivity index (χ1n) is 20.2. The number of rotatable bonds is 15. The molecule has 1 saturated heterocycles. The Kier molecular flexibility index (Phi) is 11.0. The Morgan fingerprint density at radius 1 is 0.714 bits per heavy atom. The quantitative estimate of drug-likeness (QED) is 0.102. The van der Waals surface area contributed by atoms with Crippen molar-refractivity contribution in [2.45, 2.75) is 70.7 Å². The lowest BCUT2D eigenvalue weighted by Gasteiger charge is -2.37. The Hall–Kier alpha value is -5.34. The van der Waals surface area contributed by atoms with Crippen LogP contribution in [0.25, 0.3) is 21.9 Å². The minimum Gasteiger partial charge on any atom is -0.389 e. The fourth-order valence-corrected chi connectivity index (χ4v) is 8.35. The molecule has 2 N–H and O–H groups in total. The van der Waals surface area contributed by atoms with Crippen molar-refractivity contribution in [2.75, 3.05) is 31.6 Å². The predicted molar refractivity (Wildman–Crippen MR) is 228 cm³/mol. The van der Waals surface area contributed by atoms with Gasteiger partial charge in [0.05, 0.1) is 23.2 Å².